The lowest BCUT2D eigenvalue weighted by molar-refractivity contribution is -0.133. The van der Waals surface area contributed by atoms with E-state index in [1.54, 1.807) is 0 Å². The normalized spacial score (nSPS) is 15.7. The maximum Gasteiger partial charge on any atom is 0.279 e. The van der Waals surface area contributed by atoms with Gasteiger partial charge in [-0.15, -0.1) is 0 Å². The van der Waals surface area contributed by atoms with Crippen molar-refractivity contribution in [1.29, 1.82) is 0 Å². The number of aromatic nitrogens is 1. The number of carbonyl (C=O) groups excluding carboxylic acids is 1. The summed E-state index contributed by atoms with van der Waals surface area (Å²) in [4.78, 5) is 19.0. The Morgan fingerprint density at radius 3 is 2.70 bits per heavy atom. The van der Waals surface area contributed by atoms with E-state index < -0.39 is 0 Å². The van der Waals surface area contributed by atoms with E-state index in [4.69, 9.17) is 16.3 Å². The lowest BCUT2D eigenvalue weighted by atomic mass is 9.99. The second kappa shape index (κ2) is 7.84. The van der Waals surface area contributed by atoms with Crippen LogP contribution in [0.2, 0.25) is 5.02 Å². The molecule has 1 fully saturated rings. The molecule has 7 heteroatoms. The number of thiazole rings is 1. The van der Waals surface area contributed by atoms with Crippen molar-refractivity contribution in [3.63, 3.8) is 0 Å². The van der Waals surface area contributed by atoms with Crippen molar-refractivity contribution in [3.05, 3.63) is 53.1 Å². The molecule has 2 aromatic carbocycles. The van der Waals surface area contributed by atoms with E-state index in [-0.39, 0.29) is 11.8 Å². The molecule has 1 amide bonds. The predicted molar refractivity (Wildman–Crippen MR) is 109 cm³/mol. The van der Waals surface area contributed by atoms with Gasteiger partial charge in [0.15, 0.2) is 0 Å². The number of halogens is 1. The minimum Gasteiger partial charge on any atom is -0.431 e. The zero-order chi connectivity index (χ0) is 18.8. The fraction of sp³-hybridized carbons (Fsp3) is 0.300. The summed E-state index contributed by atoms with van der Waals surface area (Å²) >= 11 is 7.48. The predicted octanol–water partition coefficient (Wildman–Crippen LogP) is 4.28. The monoisotopic (exact) mass is 401 g/mol. The van der Waals surface area contributed by atoms with Gasteiger partial charge >= 0.3 is 0 Å². The Labute approximate surface area is 166 Å². The van der Waals surface area contributed by atoms with Gasteiger partial charge in [-0.25, -0.2) is 4.98 Å². The Hall–Kier alpha value is -2.15. The van der Waals surface area contributed by atoms with Crippen LogP contribution < -0.4 is 10.1 Å². The van der Waals surface area contributed by atoms with Crippen molar-refractivity contribution in [2.75, 3.05) is 26.2 Å². The second-order valence-corrected chi connectivity index (χ2v) is 7.99. The van der Waals surface area contributed by atoms with Crippen LogP contribution in [0.3, 0.4) is 0 Å². The average molecular weight is 402 g/mol. The minimum atomic E-state index is -0.165. The molecule has 1 saturated heterocycles. The number of rotatable bonds is 4. The lowest BCUT2D eigenvalue weighted by Gasteiger charge is -2.30. The smallest absolute Gasteiger partial charge is 0.279 e. The van der Waals surface area contributed by atoms with Crippen molar-refractivity contribution in [1.82, 2.24) is 15.2 Å². The van der Waals surface area contributed by atoms with Crippen LogP contribution >= 0.6 is 22.9 Å². The first-order valence-corrected chi connectivity index (χ1v) is 10.1. The number of hydrogen-bond acceptors (Lipinski definition) is 5. The molecule has 2 heterocycles. The molecule has 0 bridgehead atoms. The molecule has 3 aromatic rings. The summed E-state index contributed by atoms with van der Waals surface area (Å²) in [7, 11) is 0. The lowest BCUT2D eigenvalue weighted by Crippen LogP contribution is -2.47. The van der Waals surface area contributed by atoms with Gasteiger partial charge in [0.25, 0.3) is 5.19 Å². The molecule has 1 atom stereocenters. The van der Waals surface area contributed by atoms with E-state index in [0.29, 0.717) is 16.0 Å². The highest BCUT2D eigenvalue weighted by Crippen LogP contribution is 2.33. The molecule has 1 N–H and O–H groups in total. The number of amides is 1. The summed E-state index contributed by atoms with van der Waals surface area (Å²) in [6, 6.07) is 13.3. The second-order valence-electron chi connectivity index (χ2n) is 6.56. The highest BCUT2D eigenvalue weighted by Gasteiger charge is 2.23. The maximum atomic E-state index is 12.6. The van der Waals surface area contributed by atoms with Crippen molar-refractivity contribution in [3.8, 4) is 10.9 Å². The average Bonchev–Trinajstić information content (AvgIpc) is 3.09. The Morgan fingerprint density at radius 1 is 1.22 bits per heavy atom. The van der Waals surface area contributed by atoms with E-state index in [2.05, 4.69) is 10.3 Å². The first kappa shape index (κ1) is 18.2. The number of nitrogens with zero attached hydrogens (tertiary/aromatic N) is 2. The molecule has 0 radical (unpaired) electrons. The summed E-state index contributed by atoms with van der Waals surface area (Å²) in [6.07, 6.45) is 0. The molecule has 1 aliphatic heterocycles. The summed E-state index contributed by atoms with van der Waals surface area (Å²) in [5, 5.41) is 4.53. The van der Waals surface area contributed by atoms with Crippen molar-refractivity contribution < 1.29 is 9.53 Å². The third-order valence-corrected chi connectivity index (χ3v) is 5.85. The molecular weight excluding hydrogens is 382 g/mol. The quantitative estimate of drug-likeness (QED) is 0.709. The van der Waals surface area contributed by atoms with Crippen LogP contribution in [0.1, 0.15) is 18.4 Å². The molecule has 1 aromatic heterocycles. The van der Waals surface area contributed by atoms with Crippen LogP contribution in [0.15, 0.2) is 42.5 Å². The first-order chi connectivity index (χ1) is 13.1. The maximum absolute atomic E-state index is 12.6. The summed E-state index contributed by atoms with van der Waals surface area (Å²) in [6.45, 7) is 5.22. The fourth-order valence-electron chi connectivity index (χ4n) is 3.15. The van der Waals surface area contributed by atoms with Gasteiger partial charge in [0.05, 0.1) is 16.1 Å². The van der Waals surface area contributed by atoms with Gasteiger partial charge in [-0.2, -0.15) is 0 Å². The largest absolute Gasteiger partial charge is 0.431 e. The van der Waals surface area contributed by atoms with E-state index in [1.165, 1.54) is 11.3 Å². The summed E-state index contributed by atoms with van der Waals surface area (Å²) in [5.41, 5.74) is 1.85. The zero-order valence-electron chi connectivity index (χ0n) is 14.9. The highest BCUT2D eigenvalue weighted by atomic mass is 35.5. The van der Waals surface area contributed by atoms with Gasteiger partial charge in [0.1, 0.15) is 5.75 Å². The van der Waals surface area contributed by atoms with E-state index in [1.807, 2.05) is 54.3 Å². The van der Waals surface area contributed by atoms with Crippen molar-refractivity contribution >= 4 is 39.1 Å². The molecule has 0 spiro atoms. The third kappa shape index (κ3) is 4.08. The minimum absolute atomic E-state index is 0.165. The molecular formula is C20H20ClN3O2S. The van der Waals surface area contributed by atoms with Crippen LogP contribution in [0.5, 0.6) is 10.9 Å². The van der Waals surface area contributed by atoms with Crippen LogP contribution in [-0.2, 0) is 4.79 Å². The Balaban J connectivity index is 1.45. The Morgan fingerprint density at radius 2 is 1.96 bits per heavy atom. The van der Waals surface area contributed by atoms with Gasteiger partial charge in [-0.1, -0.05) is 35.1 Å². The SMILES string of the molecule is CC(C(=O)N1CCNCC1)c1ccc(Oc2nc3ccc(Cl)cc3s2)cc1. The molecule has 1 aliphatic rings. The molecule has 27 heavy (non-hydrogen) atoms. The van der Waals surface area contributed by atoms with E-state index in [9.17, 15) is 4.79 Å². The molecule has 4 rings (SSSR count). The van der Waals surface area contributed by atoms with Gasteiger partial charge in [0, 0.05) is 31.2 Å². The van der Waals surface area contributed by atoms with Crippen LogP contribution in [0, 0.1) is 0 Å². The van der Waals surface area contributed by atoms with Gasteiger partial charge < -0.3 is 15.0 Å². The number of carbonyl (C=O) groups is 1. The third-order valence-electron chi connectivity index (χ3n) is 4.72. The molecule has 0 aliphatic carbocycles. The van der Waals surface area contributed by atoms with Crippen molar-refractivity contribution in [2.45, 2.75) is 12.8 Å². The summed E-state index contributed by atoms with van der Waals surface area (Å²) in [5.74, 6) is 0.709. The number of piperazine rings is 1. The molecule has 1 unspecified atom stereocenters. The van der Waals surface area contributed by atoms with Crippen molar-refractivity contribution in [2.24, 2.45) is 0 Å². The number of hydrogen-bond donors (Lipinski definition) is 1. The summed E-state index contributed by atoms with van der Waals surface area (Å²) < 4.78 is 6.87. The van der Waals surface area contributed by atoms with E-state index in [0.717, 1.165) is 42.0 Å². The Bertz CT molecular complexity index is 952. The number of fused-ring (bicyclic) bond motifs is 1. The molecule has 0 saturated carbocycles. The van der Waals surface area contributed by atoms with Gasteiger partial charge in [0.2, 0.25) is 5.91 Å². The standard InChI is InChI=1S/C20H20ClN3O2S/c1-13(19(25)24-10-8-22-9-11-24)14-2-5-16(6-3-14)26-20-23-17-7-4-15(21)12-18(17)27-20/h2-7,12-13,22H,8-11H2,1H3. The number of ether oxygens (including phenoxy) is 1. The van der Waals surface area contributed by atoms with Gasteiger partial charge in [-0.3, -0.25) is 4.79 Å². The van der Waals surface area contributed by atoms with Crippen LogP contribution in [0.4, 0.5) is 0 Å². The number of nitrogens with one attached hydrogen (secondary N) is 1. The zero-order valence-corrected chi connectivity index (χ0v) is 16.5. The van der Waals surface area contributed by atoms with Gasteiger partial charge in [-0.05, 0) is 42.8 Å². The molecule has 140 valence electrons. The number of benzene rings is 2. The van der Waals surface area contributed by atoms with Crippen LogP contribution in [0.25, 0.3) is 10.2 Å². The molecule has 5 nitrogen and oxygen atoms in total. The Kier molecular flexibility index (Phi) is 5.29. The van der Waals surface area contributed by atoms with E-state index >= 15 is 0 Å². The first-order valence-electron chi connectivity index (χ1n) is 8.93. The fourth-order valence-corrected chi connectivity index (χ4v) is 4.26. The van der Waals surface area contributed by atoms with Crippen LogP contribution in [-0.4, -0.2) is 42.0 Å². The topological polar surface area (TPSA) is 54.5 Å². The highest BCUT2D eigenvalue weighted by molar-refractivity contribution is 7.20.